The number of piperazine rings is 1. The number of halogens is 2. The average molecular weight is 564 g/mol. The summed E-state index contributed by atoms with van der Waals surface area (Å²) in [4.78, 5) is 51.9. The van der Waals surface area contributed by atoms with Gasteiger partial charge in [-0.1, -0.05) is 35.5 Å². The molecule has 12 heteroatoms. The van der Waals surface area contributed by atoms with Gasteiger partial charge in [0, 0.05) is 44.8 Å². The molecule has 2 aliphatic rings. The fraction of sp³-hybridized carbons (Fsp3) is 0.500. The summed E-state index contributed by atoms with van der Waals surface area (Å²) in [6.07, 6.45) is 1.19. The van der Waals surface area contributed by atoms with E-state index in [1.54, 1.807) is 34.9 Å². The van der Waals surface area contributed by atoms with Gasteiger partial charge in [0.25, 0.3) is 5.91 Å². The summed E-state index contributed by atoms with van der Waals surface area (Å²) in [7, 11) is 0. The van der Waals surface area contributed by atoms with E-state index in [1.165, 1.54) is 23.9 Å². The van der Waals surface area contributed by atoms with E-state index in [1.807, 2.05) is 11.8 Å². The topological polar surface area (TPSA) is 95.9 Å². The van der Waals surface area contributed by atoms with Crippen molar-refractivity contribution < 1.29 is 23.5 Å². The zero-order valence-corrected chi connectivity index (χ0v) is 23.0. The van der Waals surface area contributed by atoms with Crippen molar-refractivity contribution in [3.63, 3.8) is 0 Å². The molecule has 9 nitrogen and oxygen atoms in total. The molecule has 204 valence electrons. The van der Waals surface area contributed by atoms with Crippen LogP contribution in [0.15, 0.2) is 35.5 Å². The van der Waals surface area contributed by atoms with Crippen LogP contribution in [0.2, 0.25) is 5.15 Å². The minimum absolute atomic E-state index is 0.0451. The van der Waals surface area contributed by atoms with Crippen LogP contribution < -0.4 is 4.90 Å². The van der Waals surface area contributed by atoms with E-state index in [0.717, 1.165) is 0 Å². The van der Waals surface area contributed by atoms with Crippen LogP contribution in [0.3, 0.4) is 0 Å². The molecule has 1 aromatic carbocycles. The number of anilines is 1. The molecule has 0 saturated carbocycles. The van der Waals surface area contributed by atoms with Crippen molar-refractivity contribution in [2.45, 2.75) is 37.9 Å². The Labute approximate surface area is 230 Å². The molecule has 0 aliphatic carbocycles. The van der Waals surface area contributed by atoms with Crippen molar-refractivity contribution in [1.82, 2.24) is 19.8 Å². The number of hydrogen-bond acceptors (Lipinski definition) is 8. The predicted molar refractivity (Wildman–Crippen MR) is 143 cm³/mol. The van der Waals surface area contributed by atoms with Gasteiger partial charge in [-0.15, -0.1) is 0 Å². The van der Waals surface area contributed by atoms with Gasteiger partial charge in [0.15, 0.2) is 5.16 Å². The lowest BCUT2D eigenvalue weighted by Gasteiger charge is -2.40. The van der Waals surface area contributed by atoms with Crippen LogP contribution in [0.4, 0.5) is 10.2 Å². The number of aromatic nitrogens is 2. The molecule has 2 saturated heterocycles. The van der Waals surface area contributed by atoms with E-state index >= 15 is 0 Å². The highest BCUT2D eigenvalue weighted by molar-refractivity contribution is 7.99. The van der Waals surface area contributed by atoms with Gasteiger partial charge in [-0.25, -0.2) is 14.4 Å². The second-order valence-electron chi connectivity index (χ2n) is 9.30. The highest BCUT2D eigenvalue weighted by atomic mass is 35.5. The maximum absolute atomic E-state index is 14.1. The van der Waals surface area contributed by atoms with Gasteiger partial charge in [-0.3, -0.25) is 14.4 Å². The molecule has 2 aliphatic heterocycles. The summed E-state index contributed by atoms with van der Waals surface area (Å²) in [6.45, 7) is 6.47. The number of esters is 1. The maximum atomic E-state index is 14.1. The molecule has 38 heavy (non-hydrogen) atoms. The quantitative estimate of drug-likeness (QED) is 0.219. The number of amides is 2. The summed E-state index contributed by atoms with van der Waals surface area (Å²) in [5.74, 6) is -0.496. The smallest absolute Gasteiger partial charge is 0.309 e. The number of piperidine rings is 1. The summed E-state index contributed by atoms with van der Waals surface area (Å²) in [5.41, 5.74) is 0.0614. The number of benzene rings is 1. The second-order valence-corrected chi connectivity index (χ2v) is 10.6. The Morgan fingerprint density at radius 3 is 2.55 bits per heavy atom. The molecular weight excluding hydrogens is 533 g/mol. The van der Waals surface area contributed by atoms with Crippen molar-refractivity contribution in [3.8, 4) is 0 Å². The highest BCUT2D eigenvalue weighted by Gasteiger charge is 2.31. The van der Waals surface area contributed by atoms with Crippen LogP contribution in [0.25, 0.3) is 0 Å². The lowest BCUT2D eigenvalue weighted by molar-refractivity contribution is -0.151. The van der Waals surface area contributed by atoms with E-state index in [-0.39, 0.29) is 46.2 Å². The summed E-state index contributed by atoms with van der Waals surface area (Å²) >= 11 is 7.49. The number of ether oxygens (including phenoxy) is 1. The molecule has 3 heterocycles. The first-order valence-electron chi connectivity index (χ1n) is 12.7. The molecule has 1 unspecified atom stereocenters. The fourth-order valence-electron chi connectivity index (χ4n) is 4.71. The normalized spacial score (nSPS) is 18.4. The van der Waals surface area contributed by atoms with Gasteiger partial charge >= 0.3 is 5.97 Å². The molecule has 0 bridgehead atoms. The van der Waals surface area contributed by atoms with Crippen LogP contribution in [0.5, 0.6) is 0 Å². The van der Waals surface area contributed by atoms with Gasteiger partial charge in [-0.05, 0) is 38.8 Å². The molecule has 1 atom stereocenters. The zero-order chi connectivity index (χ0) is 27.2. The first-order valence-corrected chi connectivity index (χ1v) is 14.1. The molecule has 0 radical (unpaired) electrons. The number of carbonyl (C=O) groups is 3. The van der Waals surface area contributed by atoms with Gasteiger partial charge in [0.1, 0.15) is 16.8 Å². The minimum Gasteiger partial charge on any atom is -0.466 e. The SMILES string of the molecule is CCOC(=O)C1CCN(C(=O)CSc2nc(Cl)cc(N3CCN(C(=O)c4ccccc4F)C(C)C3)n2)CC1. The Bertz CT molecular complexity index is 1180. The third kappa shape index (κ3) is 6.74. The first-order chi connectivity index (χ1) is 18.3. The van der Waals surface area contributed by atoms with Gasteiger partial charge in [0.05, 0.1) is 23.8 Å². The predicted octanol–water partition coefficient (Wildman–Crippen LogP) is 3.51. The van der Waals surface area contributed by atoms with E-state index in [4.69, 9.17) is 16.3 Å². The Morgan fingerprint density at radius 2 is 1.87 bits per heavy atom. The Hall–Kier alpha value is -2.92. The molecule has 2 fully saturated rings. The van der Waals surface area contributed by atoms with Gasteiger partial charge < -0.3 is 19.4 Å². The van der Waals surface area contributed by atoms with E-state index in [2.05, 4.69) is 9.97 Å². The van der Waals surface area contributed by atoms with Crippen molar-refractivity contribution in [1.29, 1.82) is 0 Å². The number of nitrogens with zero attached hydrogens (tertiary/aromatic N) is 5. The lowest BCUT2D eigenvalue weighted by atomic mass is 9.97. The summed E-state index contributed by atoms with van der Waals surface area (Å²) in [5, 5.41) is 0.650. The van der Waals surface area contributed by atoms with Crippen LogP contribution >= 0.6 is 23.4 Å². The van der Waals surface area contributed by atoms with E-state index < -0.39 is 5.82 Å². The number of rotatable bonds is 7. The fourth-order valence-corrected chi connectivity index (χ4v) is 5.69. The van der Waals surface area contributed by atoms with Crippen molar-refractivity contribution >= 4 is 47.0 Å². The number of carbonyl (C=O) groups excluding carboxylic acids is 3. The van der Waals surface area contributed by atoms with Crippen LogP contribution in [-0.4, -0.2) is 88.7 Å². The largest absolute Gasteiger partial charge is 0.466 e. The lowest BCUT2D eigenvalue weighted by Crippen LogP contribution is -2.54. The standard InChI is InChI=1S/C26H31ClFN5O4S/c1-3-37-25(36)18-8-10-31(11-9-18)23(34)16-38-26-29-21(27)14-22(30-26)32-12-13-33(17(2)15-32)24(35)19-6-4-5-7-20(19)28/h4-7,14,17-18H,3,8-13,15-16H2,1-2H3. The molecule has 1 aromatic heterocycles. The van der Waals surface area contributed by atoms with E-state index in [0.29, 0.717) is 63.1 Å². The monoisotopic (exact) mass is 563 g/mol. The molecular formula is C26H31ClFN5O4S. The van der Waals surface area contributed by atoms with Gasteiger partial charge in [0.2, 0.25) is 5.91 Å². The average Bonchev–Trinajstić information content (AvgIpc) is 2.91. The van der Waals surface area contributed by atoms with Crippen LogP contribution in [-0.2, 0) is 14.3 Å². The van der Waals surface area contributed by atoms with Crippen molar-refractivity contribution in [3.05, 3.63) is 46.9 Å². The molecule has 2 aromatic rings. The van der Waals surface area contributed by atoms with Gasteiger partial charge in [-0.2, -0.15) is 0 Å². The second kappa shape index (κ2) is 12.8. The highest BCUT2D eigenvalue weighted by Crippen LogP contribution is 2.26. The number of hydrogen-bond donors (Lipinski definition) is 0. The minimum atomic E-state index is -0.533. The Balaban J connectivity index is 1.32. The Morgan fingerprint density at radius 1 is 1.13 bits per heavy atom. The molecule has 2 amide bonds. The summed E-state index contributed by atoms with van der Waals surface area (Å²) in [6, 6.07) is 7.47. The number of thioether (sulfide) groups is 1. The summed E-state index contributed by atoms with van der Waals surface area (Å²) < 4.78 is 19.2. The molecule has 0 spiro atoms. The maximum Gasteiger partial charge on any atom is 0.309 e. The first kappa shape index (κ1) is 28.1. The van der Waals surface area contributed by atoms with Crippen molar-refractivity contribution in [2.75, 3.05) is 50.0 Å². The third-order valence-corrected chi connectivity index (χ3v) is 7.80. The Kier molecular flexibility index (Phi) is 9.43. The van der Waals surface area contributed by atoms with Crippen molar-refractivity contribution in [2.24, 2.45) is 5.92 Å². The number of likely N-dealkylation sites (tertiary alicyclic amines) is 1. The van der Waals surface area contributed by atoms with Crippen LogP contribution in [0.1, 0.15) is 37.0 Å². The molecule has 4 rings (SSSR count). The molecule has 0 N–H and O–H groups in total. The van der Waals surface area contributed by atoms with Crippen LogP contribution in [0, 0.1) is 11.7 Å². The third-order valence-electron chi connectivity index (χ3n) is 6.77. The van der Waals surface area contributed by atoms with E-state index in [9.17, 15) is 18.8 Å². The zero-order valence-electron chi connectivity index (χ0n) is 21.4.